The van der Waals surface area contributed by atoms with Gasteiger partial charge in [0.15, 0.2) is 0 Å². The second-order valence-corrected chi connectivity index (χ2v) is 3.36. The van der Waals surface area contributed by atoms with Gasteiger partial charge in [0.1, 0.15) is 0 Å². The topological polar surface area (TPSA) is 29.3 Å². The van der Waals surface area contributed by atoms with Crippen molar-refractivity contribution in [2.24, 2.45) is 11.7 Å². The summed E-state index contributed by atoms with van der Waals surface area (Å²) in [6.45, 7) is -3.10. The van der Waals surface area contributed by atoms with Crippen molar-refractivity contribution < 1.29 is 64.3 Å². The van der Waals surface area contributed by atoms with E-state index in [1.165, 1.54) is 4.90 Å². The minimum absolute atomic E-state index is 0. The first-order valence-corrected chi connectivity index (χ1v) is 4.14. The summed E-state index contributed by atoms with van der Waals surface area (Å²) < 4.78 is 35.8. The van der Waals surface area contributed by atoms with E-state index in [4.69, 9.17) is 5.73 Å². The molecule has 7 heteroatoms. The maximum Gasteiger partial charge on any atom is 1.00 e. The molecule has 72 valence electrons. The van der Waals surface area contributed by atoms with E-state index in [-0.39, 0.29) is 57.3 Å². The van der Waals surface area contributed by atoms with Crippen molar-refractivity contribution >= 4 is 6.98 Å². The third-order valence-corrected chi connectivity index (χ3v) is 2.17. The molecule has 1 atom stereocenters. The van der Waals surface area contributed by atoms with Crippen molar-refractivity contribution in [3.63, 3.8) is 0 Å². The Labute approximate surface area is 119 Å². The number of hydrogen-bond donors (Lipinski definition) is 1. The molecule has 0 aliphatic carbocycles. The van der Waals surface area contributed by atoms with Crippen LogP contribution in [-0.4, -0.2) is 38.0 Å². The molecule has 2 N–H and O–H groups in total. The smallest absolute Gasteiger partial charge is 0.448 e. The Morgan fingerprint density at radius 3 is 2.38 bits per heavy atom. The van der Waals surface area contributed by atoms with Gasteiger partial charge in [0.2, 0.25) is 0 Å². The molecule has 0 saturated carbocycles. The van der Waals surface area contributed by atoms with Gasteiger partial charge in [-0.05, 0) is 38.4 Å². The summed E-state index contributed by atoms with van der Waals surface area (Å²) in [7, 11) is 0. The molecule has 0 spiro atoms. The number of rotatable bonds is 3. The van der Waals surface area contributed by atoms with Crippen LogP contribution in [0.2, 0.25) is 0 Å². The van der Waals surface area contributed by atoms with E-state index in [9.17, 15) is 12.9 Å². The third-order valence-electron chi connectivity index (χ3n) is 2.17. The second-order valence-electron chi connectivity index (χ2n) is 3.36. The number of likely N-dealkylation sites (tertiary alicyclic amines) is 1. The maximum atomic E-state index is 11.9. The molecule has 13 heavy (non-hydrogen) atoms. The van der Waals surface area contributed by atoms with Crippen molar-refractivity contribution in [3.8, 4) is 0 Å². The van der Waals surface area contributed by atoms with Crippen LogP contribution in [0.4, 0.5) is 12.9 Å². The van der Waals surface area contributed by atoms with Gasteiger partial charge < -0.3 is 23.6 Å². The molecular weight excluding hydrogens is 207 g/mol. The molecule has 1 fully saturated rings. The normalized spacial score (nSPS) is 24.5. The van der Waals surface area contributed by atoms with Crippen molar-refractivity contribution in [1.82, 2.24) is 4.90 Å². The Morgan fingerprint density at radius 1 is 1.38 bits per heavy atom. The molecule has 0 amide bonds. The summed E-state index contributed by atoms with van der Waals surface area (Å²) in [6, 6.07) is 0. The van der Waals surface area contributed by atoms with E-state index in [0.717, 1.165) is 6.42 Å². The molecule has 0 aromatic rings. The zero-order chi connectivity index (χ0) is 9.19. The SMILES string of the molecule is NCC1CCN(C[B-](F)(F)F)C1.[K+]. The van der Waals surface area contributed by atoms with Crippen LogP contribution < -0.4 is 57.1 Å². The predicted molar refractivity (Wildman–Crippen MR) is 42.7 cm³/mol. The molecule has 1 heterocycles. The standard InChI is InChI=1S/C6H13BF3N2.K/c8-7(9,10)5-12-2-1-6(3-11)4-12;/h6H,1-5,11H2;/q-1;+1. The molecule has 0 aromatic carbocycles. The molecular formula is C6H13BF3KN2. The van der Waals surface area contributed by atoms with Crippen LogP contribution in [0.1, 0.15) is 6.42 Å². The summed E-state index contributed by atoms with van der Waals surface area (Å²) in [6.07, 6.45) is 0.0825. The van der Waals surface area contributed by atoms with E-state index in [0.29, 0.717) is 19.6 Å². The van der Waals surface area contributed by atoms with Crippen LogP contribution in [0.3, 0.4) is 0 Å². The quantitative estimate of drug-likeness (QED) is 0.540. The van der Waals surface area contributed by atoms with Crippen molar-refractivity contribution in [2.45, 2.75) is 6.42 Å². The first-order chi connectivity index (χ1) is 5.51. The van der Waals surface area contributed by atoms with Gasteiger partial charge in [0.05, 0.1) is 0 Å². The first kappa shape index (κ1) is 14.4. The van der Waals surface area contributed by atoms with Gasteiger partial charge in [-0.2, -0.15) is 0 Å². The first-order valence-electron chi connectivity index (χ1n) is 4.14. The fraction of sp³-hybridized carbons (Fsp3) is 1.00. The van der Waals surface area contributed by atoms with Crippen LogP contribution >= 0.6 is 0 Å². The number of halogens is 3. The summed E-state index contributed by atoms with van der Waals surface area (Å²) in [5, 5.41) is 0. The Bertz CT molecular complexity index is 155. The van der Waals surface area contributed by atoms with Gasteiger partial charge in [0, 0.05) is 0 Å². The molecule has 1 unspecified atom stereocenters. The van der Waals surface area contributed by atoms with Gasteiger partial charge in [-0.1, -0.05) is 0 Å². The summed E-state index contributed by atoms with van der Waals surface area (Å²) in [4.78, 5) is 1.44. The Balaban J connectivity index is 0.00000144. The van der Waals surface area contributed by atoms with Crippen LogP contribution in [0.25, 0.3) is 0 Å². The van der Waals surface area contributed by atoms with Crippen molar-refractivity contribution in [2.75, 3.05) is 26.1 Å². The van der Waals surface area contributed by atoms with E-state index in [1.807, 2.05) is 0 Å². The van der Waals surface area contributed by atoms with E-state index in [2.05, 4.69) is 0 Å². The van der Waals surface area contributed by atoms with Gasteiger partial charge >= 0.3 is 58.4 Å². The average molecular weight is 220 g/mol. The zero-order valence-electron chi connectivity index (χ0n) is 7.85. The largest absolute Gasteiger partial charge is 1.00 e. The van der Waals surface area contributed by atoms with Crippen LogP contribution in [-0.2, 0) is 0 Å². The van der Waals surface area contributed by atoms with Crippen molar-refractivity contribution in [1.29, 1.82) is 0 Å². The molecule has 2 nitrogen and oxygen atoms in total. The monoisotopic (exact) mass is 220 g/mol. The van der Waals surface area contributed by atoms with Crippen LogP contribution in [0.5, 0.6) is 0 Å². The average Bonchev–Trinajstić information content (AvgIpc) is 2.32. The van der Waals surface area contributed by atoms with Gasteiger partial charge in [0.25, 0.3) is 0 Å². The number of hydrogen-bond acceptors (Lipinski definition) is 2. The fourth-order valence-corrected chi connectivity index (χ4v) is 1.56. The Hall–Kier alpha value is 1.41. The maximum absolute atomic E-state index is 11.9. The van der Waals surface area contributed by atoms with E-state index >= 15 is 0 Å². The van der Waals surface area contributed by atoms with E-state index in [1.54, 1.807) is 0 Å². The molecule has 0 bridgehead atoms. The van der Waals surface area contributed by atoms with Crippen molar-refractivity contribution in [3.05, 3.63) is 0 Å². The predicted octanol–water partition coefficient (Wildman–Crippen LogP) is -2.34. The summed E-state index contributed by atoms with van der Waals surface area (Å²) in [5.41, 5.74) is 5.36. The fourth-order valence-electron chi connectivity index (χ4n) is 1.56. The Kier molecular flexibility index (Phi) is 6.76. The third kappa shape index (κ3) is 5.76. The molecule has 1 saturated heterocycles. The Morgan fingerprint density at radius 2 is 2.00 bits per heavy atom. The molecule has 0 aromatic heterocycles. The second kappa shape index (κ2) is 6.09. The van der Waals surface area contributed by atoms with Crippen LogP contribution in [0.15, 0.2) is 0 Å². The minimum Gasteiger partial charge on any atom is -0.448 e. The minimum atomic E-state index is -4.66. The summed E-state index contributed by atoms with van der Waals surface area (Å²) in [5.74, 6) is 0.267. The van der Waals surface area contributed by atoms with Crippen LogP contribution in [0, 0.1) is 5.92 Å². The number of nitrogens with two attached hydrogens (primary N) is 1. The van der Waals surface area contributed by atoms with Gasteiger partial charge in [-0.15, -0.1) is 0 Å². The van der Waals surface area contributed by atoms with Gasteiger partial charge in [-0.25, -0.2) is 0 Å². The summed E-state index contributed by atoms with van der Waals surface area (Å²) >= 11 is 0. The zero-order valence-corrected chi connectivity index (χ0v) is 11.0. The number of nitrogens with zero attached hydrogens (tertiary/aromatic N) is 1. The molecule has 1 aliphatic heterocycles. The molecule has 0 radical (unpaired) electrons. The van der Waals surface area contributed by atoms with E-state index < -0.39 is 13.4 Å². The molecule has 1 aliphatic rings. The molecule has 1 rings (SSSR count). The van der Waals surface area contributed by atoms with Gasteiger partial charge in [-0.3, -0.25) is 0 Å².